The number of carbonyl (C=O) groups excluding carboxylic acids is 2. The Morgan fingerprint density at radius 1 is 1.64 bits per heavy atom. The molecule has 0 radical (unpaired) electrons. The van der Waals surface area contributed by atoms with Gasteiger partial charge < -0.3 is 0 Å². The monoisotopic (exact) mass is 151 g/mol. The van der Waals surface area contributed by atoms with E-state index in [2.05, 4.69) is 10.5 Å². The van der Waals surface area contributed by atoms with Crippen molar-refractivity contribution in [1.29, 1.82) is 5.26 Å². The second kappa shape index (κ2) is 2.50. The molecule has 1 amide bonds. The van der Waals surface area contributed by atoms with Crippen LogP contribution in [0.25, 0.3) is 0 Å². The molecule has 0 saturated heterocycles. The smallest absolute Gasteiger partial charge is 0.265 e. The number of ketones is 1. The highest BCUT2D eigenvalue weighted by molar-refractivity contribution is 6.44. The fourth-order valence-corrected chi connectivity index (χ4v) is 0.704. The van der Waals surface area contributed by atoms with Crippen LogP contribution in [0.1, 0.15) is 6.92 Å². The first kappa shape index (κ1) is 7.41. The Morgan fingerprint density at radius 2 is 2.27 bits per heavy atom. The number of amides is 1. The molecule has 0 saturated carbocycles. The van der Waals surface area contributed by atoms with E-state index in [-0.39, 0.29) is 5.71 Å². The number of nitrogens with one attached hydrogen (secondary N) is 1. The minimum Gasteiger partial charge on any atom is -0.291 e. The maximum absolute atomic E-state index is 11.0. The van der Waals surface area contributed by atoms with Crippen molar-refractivity contribution in [3.05, 3.63) is 0 Å². The third kappa shape index (κ3) is 1.10. The summed E-state index contributed by atoms with van der Waals surface area (Å²) in [6, 6.07) is 1.59. The molecule has 5 nitrogen and oxygen atoms in total. The number of Topliss-reactive ketones (excluding diaryl/α,β-unsaturated/α-hetero) is 1. The van der Waals surface area contributed by atoms with Crippen LogP contribution >= 0.6 is 0 Å². The number of hydrogen-bond acceptors (Lipinski definition) is 4. The average molecular weight is 151 g/mol. The number of carbonyl (C=O) groups is 2. The molecule has 0 spiro atoms. The van der Waals surface area contributed by atoms with Crippen LogP contribution in [0.5, 0.6) is 0 Å². The molecule has 11 heavy (non-hydrogen) atoms. The fraction of sp³-hybridized carbons (Fsp3) is 0.333. The van der Waals surface area contributed by atoms with Crippen molar-refractivity contribution < 1.29 is 9.59 Å². The van der Waals surface area contributed by atoms with Gasteiger partial charge in [0.15, 0.2) is 5.92 Å². The molecule has 0 aromatic rings. The van der Waals surface area contributed by atoms with Gasteiger partial charge in [0, 0.05) is 0 Å². The number of nitriles is 1. The second-order valence-corrected chi connectivity index (χ2v) is 2.10. The summed E-state index contributed by atoms with van der Waals surface area (Å²) in [7, 11) is 0. The van der Waals surface area contributed by atoms with Crippen LogP contribution in [0.4, 0.5) is 0 Å². The number of nitrogens with zero attached hydrogens (tertiary/aromatic N) is 2. The van der Waals surface area contributed by atoms with Crippen LogP contribution < -0.4 is 5.43 Å². The van der Waals surface area contributed by atoms with Crippen molar-refractivity contribution >= 4 is 17.4 Å². The first-order valence-electron chi connectivity index (χ1n) is 2.95. The van der Waals surface area contributed by atoms with Crippen molar-refractivity contribution in [1.82, 2.24) is 5.43 Å². The molecule has 1 heterocycles. The third-order valence-electron chi connectivity index (χ3n) is 1.34. The van der Waals surface area contributed by atoms with Gasteiger partial charge in [-0.1, -0.05) is 0 Å². The largest absolute Gasteiger partial charge is 0.291 e. The van der Waals surface area contributed by atoms with E-state index >= 15 is 0 Å². The SMILES string of the molecule is CC1=NNC(=O)C(C#N)C1=O. The Balaban J connectivity index is 3.00. The summed E-state index contributed by atoms with van der Waals surface area (Å²) in [5.74, 6) is -2.38. The van der Waals surface area contributed by atoms with Gasteiger partial charge in [-0.15, -0.1) is 0 Å². The number of hydrogen-bond donors (Lipinski definition) is 1. The van der Waals surface area contributed by atoms with Gasteiger partial charge in [0.1, 0.15) is 5.71 Å². The van der Waals surface area contributed by atoms with E-state index in [4.69, 9.17) is 5.26 Å². The van der Waals surface area contributed by atoms with Crippen LogP contribution in [0.15, 0.2) is 5.10 Å². The highest BCUT2D eigenvalue weighted by Crippen LogP contribution is 2.03. The van der Waals surface area contributed by atoms with E-state index in [0.717, 1.165) is 0 Å². The van der Waals surface area contributed by atoms with E-state index in [1.165, 1.54) is 6.92 Å². The number of rotatable bonds is 0. The zero-order valence-corrected chi connectivity index (χ0v) is 5.79. The van der Waals surface area contributed by atoms with Crippen molar-refractivity contribution in [2.45, 2.75) is 6.92 Å². The number of hydrazone groups is 1. The summed E-state index contributed by atoms with van der Waals surface area (Å²) in [6.07, 6.45) is 0. The maximum atomic E-state index is 11.0. The molecule has 5 heteroatoms. The lowest BCUT2D eigenvalue weighted by molar-refractivity contribution is -0.129. The first-order chi connectivity index (χ1) is 5.16. The van der Waals surface area contributed by atoms with E-state index in [9.17, 15) is 9.59 Å². The summed E-state index contributed by atoms with van der Waals surface area (Å²) in [5.41, 5.74) is 2.23. The molecule has 1 atom stereocenters. The van der Waals surface area contributed by atoms with Crippen molar-refractivity contribution in [2.24, 2.45) is 11.0 Å². The Kier molecular flexibility index (Phi) is 1.68. The molecule has 0 aliphatic carbocycles. The molecule has 1 N–H and O–H groups in total. The Hall–Kier alpha value is -1.70. The van der Waals surface area contributed by atoms with E-state index in [0.29, 0.717) is 0 Å². The second-order valence-electron chi connectivity index (χ2n) is 2.10. The summed E-state index contributed by atoms with van der Waals surface area (Å²) in [4.78, 5) is 21.7. The van der Waals surface area contributed by atoms with Crippen LogP contribution in [0.3, 0.4) is 0 Å². The molecule has 0 bridgehead atoms. The average Bonchev–Trinajstić information content (AvgIpc) is 1.99. The van der Waals surface area contributed by atoms with E-state index in [1.807, 2.05) is 0 Å². The van der Waals surface area contributed by atoms with E-state index in [1.54, 1.807) is 6.07 Å². The Morgan fingerprint density at radius 3 is 2.73 bits per heavy atom. The first-order valence-corrected chi connectivity index (χ1v) is 2.95. The molecule has 1 aliphatic rings. The maximum Gasteiger partial charge on any atom is 0.265 e. The highest BCUT2D eigenvalue weighted by Gasteiger charge is 2.31. The molecule has 56 valence electrons. The zero-order chi connectivity index (χ0) is 8.43. The highest BCUT2D eigenvalue weighted by atomic mass is 16.2. The van der Waals surface area contributed by atoms with Gasteiger partial charge in [0.2, 0.25) is 5.78 Å². The quantitative estimate of drug-likeness (QED) is 0.460. The van der Waals surface area contributed by atoms with Gasteiger partial charge in [-0.3, -0.25) is 9.59 Å². The standard InChI is InChI=1S/C6H5N3O2/c1-3-5(10)4(2-7)6(11)9-8-3/h4H,1H3,(H,9,11). The molecule has 0 aromatic heterocycles. The Labute approximate surface area is 62.7 Å². The van der Waals surface area contributed by atoms with Gasteiger partial charge in [-0.05, 0) is 6.92 Å². The summed E-state index contributed by atoms with van der Waals surface area (Å²) >= 11 is 0. The van der Waals surface area contributed by atoms with Crippen LogP contribution in [0, 0.1) is 17.2 Å². The molecule has 1 rings (SSSR count). The van der Waals surface area contributed by atoms with Gasteiger partial charge in [0.05, 0.1) is 6.07 Å². The molecular weight excluding hydrogens is 146 g/mol. The van der Waals surface area contributed by atoms with Gasteiger partial charge >= 0.3 is 0 Å². The van der Waals surface area contributed by atoms with Crippen molar-refractivity contribution in [3.8, 4) is 6.07 Å². The summed E-state index contributed by atoms with van der Waals surface area (Å²) in [5, 5.41) is 11.8. The third-order valence-corrected chi connectivity index (χ3v) is 1.34. The summed E-state index contributed by atoms with van der Waals surface area (Å²) in [6.45, 7) is 1.45. The van der Waals surface area contributed by atoms with Crippen molar-refractivity contribution in [2.75, 3.05) is 0 Å². The predicted molar refractivity (Wildman–Crippen MR) is 35.4 cm³/mol. The lowest BCUT2D eigenvalue weighted by Gasteiger charge is -2.11. The molecule has 0 fully saturated rings. The molecule has 1 aliphatic heterocycles. The van der Waals surface area contributed by atoms with Crippen LogP contribution in [-0.4, -0.2) is 17.4 Å². The molecule has 0 aromatic carbocycles. The van der Waals surface area contributed by atoms with Crippen molar-refractivity contribution in [3.63, 3.8) is 0 Å². The molecular formula is C6H5N3O2. The lowest BCUT2D eigenvalue weighted by atomic mass is 10.0. The van der Waals surface area contributed by atoms with Gasteiger partial charge in [0.25, 0.3) is 5.91 Å². The lowest BCUT2D eigenvalue weighted by Crippen LogP contribution is -2.40. The normalized spacial score (nSPS) is 23.6. The Bertz CT molecular complexity index is 287. The van der Waals surface area contributed by atoms with Gasteiger partial charge in [-0.25, -0.2) is 5.43 Å². The minimum absolute atomic E-state index is 0.163. The molecule has 1 unspecified atom stereocenters. The zero-order valence-electron chi connectivity index (χ0n) is 5.79. The van der Waals surface area contributed by atoms with Crippen LogP contribution in [-0.2, 0) is 9.59 Å². The minimum atomic E-state index is -1.22. The van der Waals surface area contributed by atoms with Crippen LogP contribution in [0.2, 0.25) is 0 Å². The predicted octanol–water partition coefficient (Wildman–Crippen LogP) is -0.799. The topological polar surface area (TPSA) is 82.3 Å². The van der Waals surface area contributed by atoms with Gasteiger partial charge in [-0.2, -0.15) is 10.4 Å². The van der Waals surface area contributed by atoms with E-state index < -0.39 is 17.6 Å². The summed E-state index contributed by atoms with van der Waals surface area (Å²) < 4.78 is 0. The fourth-order valence-electron chi connectivity index (χ4n) is 0.704.